The SMILES string of the molecule is O=C(NC[C@@H](CO)Cc1ccc(F)cc1)c1cccc(N2CCCC2=O)c1. The summed E-state index contributed by atoms with van der Waals surface area (Å²) in [5.41, 5.74) is 2.11. The van der Waals surface area contributed by atoms with Crippen LogP contribution in [0.25, 0.3) is 0 Å². The fraction of sp³-hybridized carbons (Fsp3) is 0.333. The molecule has 1 fully saturated rings. The Morgan fingerprint density at radius 1 is 1.22 bits per heavy atom. The topological polar surface area (TPSA) is 69.6 Å². The van der Waals surface area contributed by atoms with Crippen molar-refractivity contribution in [3.63, 3.8) is 0 Å². The molecule has 0 bridgehead atoms. The second kappa shape index (κ2) is 8.77. The summed E-state index contributed by atoms with van der Waals surface area (Å²) in [5.74, 6) is -0.639. The second-order valence-corrected chi connectivity index (χ2v) is 6.79. The Morgan fingerprint density at radius 2 is 2.00 bits per heavy atom. The number of nitrogens with zero attached hydrogens (tertiary/aromatic N) is 1. The molecule has 0 aromatic heterocycles. The van der Waals surface area contributed by atoms with Gasteiger partial charge in [0.1, 0.15) is 5.82 Å². The molecule has 1 saturated heterocycles. The first-order valence-electron chi connectivity index (χ1n) is 9.11. The summed E-state index contributed by atoms with van der Waals surface area (Å²) in [6.07, 6.45) is 1.91. The quantitative estimate of drug-likeness (QED) is 0.787. The molecule has 2 aromatic rings. The Balaban J connectivity index is 1.59. The minimum Gasteiger partial charge on any atom is -0.396 e. The molecular weight excluding hydrogens is 347 g/mol. The summed E-state index contributed by atoms with van der Waals surface area (Å²) in [5, 5.41) is 12.4. The maximum atomic E-state index is 13.0. The summed E-state index contributed by atoms with van der Waals surface area (Å²) in [6, 6.07) is 13.1. The molecule has 27 heavy (non-hydrogen) atoms. The van der Waals surface area contributed by atoms with E-state index in [9.17, 15) is 19.1 Å². The molecule has 2 amide bonds. The summed E-state index contributed by atoms with van der Waals surface area (Å²) in [6.45, 7) is 0.897. The van der Waals surface area contributed by atoms with Gasteiger partial charge in [-0.25, -0.2) is 4.39 Å². The van der Waals surface area contributed by atoms with Gasteiger partial charge in [-0.05, 0) is 48.7 Å². The average Bonchev–Trinajstić information content (AvgIpc) is 3.12. The zero-order chi connectivity index (χ0) is 19.2. The highest BCUT2D eigenvalue weighted by atomic mass is 19.1. The highest BCUT2D eigenvalue weighted by Gasteiger charge is 2.22. The van der Waals surface area contributed by atoms with Crippen molar-refractivity contribution >= 4 is 17.5 Å². The zero-order valence-electron chi connectivity index (χ0n) is 15.0. The second-order valence-electron chi connectivity index (χ2n) is 6.79. The molecule has 0 radical (unpaired) electrons. The van der Waals surface area contributed by atoms with Gasteiger partial charge in [-0.2, -0.15) is 0 Å². The molecule has 2 aromatic carbocycles. The van der Waals surface area contributed by atoms with E-state index in [-0.39, 0.29) is 30.2 Å². The highest BCUT2D eigenvalue weighted by Crippen LogP contribution is 2.22. The van der Waals surface area contributed by atoms with Crippen LogP contribution in [-0.4, -0.2) is 36.6 Å². The molecule has 6 heteroatoms. The third kappa shape index (κ3) is 4.92. The Labute approximate surface area is 157 Å². The van der Waals surface area contributed by atoms with Crippen LogP contribution in [0.15, 0.2) is 48.5 Å². The molecule has 0 saturated carbocycles. The molecule has 1 aliphatic rings. The molecule has 1 atom stereocenters. The van der Waals surface area contributed by atoms with Crippen LogP contribution in [0.1, 0.15) is 28.8 Å². The predicted octanol–water partition coefficient (Wildman–Crippen LogP) is 2.53. The van der Waals surface area contributed by atoms with Gasteiger partial charge in [-0.3, -0.25) is 9.59 Å². The van der Waals surface area contributed by atoms with Crippen molar-refractivity contribution in [1.82, 2.24) is 5.32 Å². The fourth-order valence-corrected chi connectivity index (χ4v) is 3.23. The molecule has 1 aliphatic heterocycles. The number of amides is 2. The number of hydrogen-bond donors (Lipinski definition) is 2. The Hall–Kier alpha value is -2.73. The van der Waals surface area contributed by atoms with Crippen molar-refractivity contribution in [2.45, 2.75) is 19.3 Å². The van der Waals surface area contributed by atoms with Crippen LogP contribution >= 0.6 is 0 Å². The number of carbonyl (C=O) groups excluding carboxylic acids is 2. The van der Waals surface area contributed by atoms with Gasteiger partial charge in [-0.15, -0.1) is 0 Å². The summed E-state index contributed by atoms with van der Waals surface area (Å²) >= 11 is 0. The molecule has 0 spiro atoms. The van der Waals surface area contributed by atoms with E-state index < -0.39 is 0 Å². The first-order valence-corrected chi connectivity index (χ1v) is 9.11. The molecule has 0 unspecified atom stereocenters. The summed E-state index contributed by atoms with van der Waals surface area (Å²) < 4.78 is 13.0. The van der Waals surface area contributed by atoms with Crippen molar-refractivity contribution in [3.05, 3.63) is 65.5 Å². The van der Waals surface area contributed by atoms with E-state index in [1.165, 1.54) is 12.1 Å². The number of rotatable bonds is 7. The smallest absolute Gasteiger partial charge is 0.251 e. The van der Waals surface area contributed by atoms with Crippen LogP contribution in [0.2, 0.25) is 0 Å². The van der Waals surface area contributed by atoms with Gasteiger partial charge in [0.15, 0.2) is 0 Å². The summed E-state index contributed by atoms with van der Waals surface area (Å²) in [7, 11) is 0. The van der Waals surface area contributed by atoms with Crippen LogP contribution in [0, 0.1) is 11.7 Å². The maximum Gasteiger partial charge on any atom is 0.251 e. The molecule has 0 aliphatic carbocycles. The molecule has 2 N–H and O–H groups in total. The predicted molar refractivity (Wildman–Crippen MR) is 101 cm³/mol. The van der Waals surface area contributed by atoms with Gasteiger partial charge < -0.3 is 15.3 Å². The normalized spacial score (nSPS) is 15.0. The number of benzene rings is 2. The number of carbonyl (C=O) groups is 2. The van der Waals surface area contributed by atoms with Gasteiger partial charge in [-0.1, -0.05) is 18.2 Å². The minimum atomic E-state index is -0.302. The van der Waals surface area contributed by atoms with E-state index >= 15 is 0 Å². The molecule has 142 valence electrons. The lowest BCUT2D eigenvalue weighted by molar-refractivity contribution is -0.117. The van der Waals surface area contributed by atoms with Gasteiger partial charge in [0.2, 0.25) is 5.91 Å². The van der Waals surface area contributed by atoms with E-state index in [0.717, 1.165) is 17.7 Å². The zero-order valence-corrected chi connectivity index (χ0v) is 15.0. The maximum absolute atomic E-state index is 13.0. The van der Waals surface area contributed by atoms with Crippen molar-refractivity contribution in [2.75, 3.05) is 24.6 Å². The van der Waals surface area contributed by atoms with E-state index in [2.05, 4.69) is 5.32 Å². The van der Waals surface area contributed by atoms with Crippen molar-refractivity contribution in [1.29, 1.82) is 0 Å². The van der Waals surface area contributed by atoms with Crippen LogP contribution < -0.4 is 10.2 Å². The van der Waals surface area contributed by atoms with Gasteiger partial charge in [0, 0.05) is 43.3 Å². The highest BCUT2D eigenvalue weighted by molar-refractivity contribution is 5.99. The molecular formula is C21H23FN2O3. The Morgan fingerprint density at radius 3 is 2.67 bits per heavy atom. The van der Waals surface area contributed by atoms with E-state index in [4.69, 9.17) is 0 Å². The lowest BCUT2D eigenvalue weighted by Gasteiger charge is -2.18. The van der Waals surface area contributed by atoms with Crippen LogP contribution in [0.3, 0.4) is 0 Å². The van der Waals surface area contributed by atoms with Crippen molar-refractivity contribution < 1.29 is 19.1 Å². The number of anilines is 1. The summed E-state index contributed by atoms with van der Waals surface area (Å²) in [4.78, 5) is 26.0. The van der Waals surface area contributed by atoms with Gasteiger partial charge in [0.25, 0.3) is 5.91 Å². The number of aliphatic hydroxyl groups excluding tert-OH is 1. The van der Waals surface area contributed by atoms with Gasteiger partial charge >= 0.3 is 0 Å². The molecule has 5 nitrogen and oxygen atoms in total. The first-order chi connectivity index (χ1) is 13.1. The van der Waals surface area contributed by atoms with Crippen molar-refractivity contribution in [2.24, 2.45) is 5.92 Å². The lowest BCUT2D eigenvalue weighted by atomic mass is 10.00. The largest absolute Gasteiger partial charge is 0.396 e. The Bertz CT molecular complexity index is 807. The average molecular weight is 370 g/mol. The number of nitrogens with one attached hydrogen (secondary N) is 1. The number of halogens is 1. The minimum absolute atomic E-state index is 0.0761. The van der Waals surface area contributed by atoms with E-state index in [1.54, 1.807) is 35.2 Å². The molecule has 3 rings (SSSR count). The third-order valence-electron chi connectivity index (χ3n) is 4.74. The van der Waals surface area contributed by atoms with Crippen LogP contribution in [0.5, 0.6) is 0 Å². The fourth-order valence-electron chi connectivity index (χ4n) is 3.23. The monoisotopic (exact) mass is 370 g/mol. The lowest BCUT2D eigenvalue weighted by Crippen LogP contribution is -2.32. The number of hydrogen-bond acceptors (Lipinski definition) is 3. The third-order valence-corrected chi connectivity index (χ3v) is 4.74. The van der Waals surface area contributed by atoms with Crippen LogP contribution in [0.4, 0.5) is 10.1 Å². The Kier molecular flexibility index (Phi) is 6.19. The van der Waals surface area contributed by atoms with Crippen molar-refractivity contribution in [3.8, 4) is 0 Å². The first kappa shape index (κ1) is 19.0. The van der Waals surface area contributed by atoms with Gasteiger partial charge in [0.05, 0.1) is 0 Å². The standard InChI is InChI=1S/C21H23FN2O3/c22-18-8-6-15(7-9-18)11-16(14-25)13-23-21(27)17-3-1-4-19(12-17)24-10-2-5-20(24)26/h1,3-4,6-9,12,16,25H,2,5,10-11,13-14H2,(H,23,27)/t16-/m0/s1. The molecule has 1 heterocycles. The number of aliphatic hydroxyl groups is 1. The van der Waals surface area contributed by atoms with E-state index in [1.807, 2.05) is 6.07 Å². The van der Waals surface area contributed by atoms with Crippen LogP contribution in [-0.2, 0) is 11.2 Å². The van der Waals surface area contributed by atoms with E-state index in [0.29, 0.717) is 31.5 Å².